The maximum atomic E-state index is 13.7. The molecular formula is C27H21N3O3S. The first-order valence-corrected chi connectivity index (χ1v) is 12.4. The molecule has 3 aliphatic rings. The lowest BCUT2D eigenvalue weighted by Crippen LogP contribution is -2.40. The number of carbonyl (C=O) groups excluding carboxylic acids is 2. The molecule has 1 saturated carbocycles. The average molecular weight is 468 g/mol. The molecule has 0 unspecified atom stereocenters. The van der Waals surface area contributed by atoms with Crippen LogP contribution in [-0.4, -0.2) is 39.8 Å². The fraction of sp³-hybridized carbons (Fsp3) is 0.259. The van der Waals surface area contributed by atoms with Gasteiger partial charge in [-0.1, -0.05) is 12.1 Å². The normalized spacial score (nSPS) is 22.2. The molecule has 1 saturated heterocycles. The third-order valence-electron chi connectivity index (χ3n) is 7.56. The van der Waals surface area contributed by atoms with E-state index in [-0.39, 0.29) is 11.9 Å². The van der Waals surface area contributed by atoms with Gasteiger partial charge in [-0.05, 0) is 59.5 Å². The predicted molar refractivity (Wildman–Crippen MR) is 128 cm³/mol. The number of hydrogen-bond donors (Lipinski definition) is 0. The minimum atomic E-state index is -0.747. The molecule has 7 rings (SSSR count). The number of benzene rings is 1. The number of aromatic nitrogens is 2. The van der Waals surface area contributed by atoms with Crippen molar-refractivity contribution < 1.29 is 14.3 Å². The van der Waals surface area contributed by atoms with Crippen molar-refractivity contribution >= 4 is 33.3 Å². The van der Waals surface area contributed by atoms with Crippen LogP contribution >= 0.6 is 11.3 Å². The van der Waals surface area contributed by atoms with Gasteiger partial charge in [-0.2, -0.15) is 0 Å². The van der Waals surface area contributed by atoms with Gasteiger partial charge in [0.25, 0.3) is 0 Å². The Morgan fingerprint density at radius 3 is 2.79 bits per heavy atom. The number of pyridine rings is 2. The van der Waals surface area contributed by atoms with E-state index in [1.54, 1.807) is 23.7 Å². The number of ether oxygens (including phenoxy) is 1. The molecular weight excluding hydrogens is 446 g/mol. The number of esters is 1. The smallest absolute Gasteiger partial charge is 0.341 e. The molecule has 4 aromatic rings. The molecule has 168 valence electrons. The van der Waals surface area contributed by atoms with Gasteiger partial charge in [0.05, 0.1) is 23.2 Å². The molecule has 5 heterocycles. The lowest BCUT2D eigenvalue weighted by atomic mass is 9.92. The lowest BCUT2D eigenvalue weighted by Gasteiger charge is -2.26. The minimum absolute atomic E-state index is 0.108. The molecule has 2 fully saturated rings. The first-order chi connectivity index (χ1) is 16.6. The monoisotopic (exact) mass is 467 g/mol. The molecule has 1 aliphatic carbocycles. The SMILES string of the molecule is O=C1O[C@]2(CCN(C(=O)C3(c4ccc(-c5ccc6sccc6c5)nc4)CC3)C2)c2ccncc21. The fourth-order valence-corrected chi connectivity index (χ4v) is 6.30. The number of thiophene rings is 1. The van der Waals surface area contributed by atoms with E-state index in [0.29, 0.717) is 25.1 Å². The summed E-state index contributed by atoms with van der Waals surface area (Å²) in [4.78, 5) is 36.7. The number of carbonyl (C=O) groups is 2. The molecule has 2 aliphatic heterocycles. The molecule has 3 aromatic heterocycles. The maximum Gasteiger partial charge on any atom is 0.341 e. The summed E-state index contributed by atoms with van der Waals surface area (Å²) in [5.74, 6) is -0.240. The Morgan fingerprint density at radius 1 is 1.06 bits per heavy atom. The van der Waals surface area contributed by atoms with Gasteiger partial charge < -0.3 is 9.64 Å². The number of amides is 1. The molecule has 1 aromatic carbocycles. The van der Waals surface area contributed by atoms with E-state index in [4.69, 9.17) is 9.72 Å². The summed E-state index contributed by atoms with van der Waals surface area (Å²) in [7, 11) is 0. The van der Waals surface area contributed by atoms with Gasteiger partial charge in [0.1, 0.15) is 0 Å². The largest absolute Gasteiger partial charge is 0.449 e. The second-order valence-electron chi connectivity index (χ2n) is 9.47. The Bertz CT molecular complexity index is 1470. The summed E-state index contributed by atoms with van der Waals surface area (Å²) >= 11 is 1.73. The van der Waals surface area contributed by atoms with Crippen LogP contribution in [-0.2, 0) is 20.5 Å². The first kappa shape index (κ1) is 19.9. The average Bonchev–Trinajstić information content (AvgIpc) is 3.22. The molecule has 1 spiro atoms. The van der Waals surface area contributed by atoms with Crippen molar-refractivity contribution in [2.75, 3.05) is 13.1 Å². The van der Waals surface area contributed by atoms with E-state index in [1.807, 2.05) is 29.3 Å². The van der Waals surface area contributed by atoms with Crippen LogP contribution in [0.2, 0.25) is 0 Å². The van der Waals surface area contributed by atoms with Crippen molar-refractivity contribution in [1.29, 1.82) is 0 Å². The van der Waals surface area contributed by atoms with Gasteiger partial charge in [-0.15, -0.1) is 11.3 Å². The van der Waals surface area contributed by atoms with Crippen LogP contribution in [0, 0.1) is 0 Å². The lowest BCUT2D eigenvalue weighted by molar-refractivity contribution is -0.134. The van der Waals surface area contributed by atoms with E-state index in [2.05, 4.69) is 34.6 Å². The molecule has 0 bridgehead atoms. The first-order valence-electron chi connectivity index (χ1n) is 11.5. The van der Waals surface area contributed by atoms with E-state index in [9.17, 15) is 9.59 Å². The second kappa shape index (κ2) is 6.96. The summed E-state index contributed by atoms with van der Waals surface area (Å²) in [6, 6.07) is 14.4. The third kappa shape index (κ3) is 2.80. The summed E-state index contributed by atoms with van der Waals surface area (Å²) in [6.07, 6.45) is 7.34. The van der Waals surface area contributed by atoms with E-state index >= 15 is 0 Å². The topological polar surface area (TPSA) is 72.4 Å². The zero-order valence-corrected chi connectivity index (χ0v) is 19.2. The highest BCUT2D eigenvalue weighted by atomic mass is 32.1. The number of likely N-dealkylation sites (tertiary alicyclic amines) is 1. The molecule has 6 nitrogen and oxygen atoms in total. The standard InChI is InChI=1S/C27H21N3O3S/c31-24-20-15-28-10-5-21(20)27(33-24)9-11-30(16-27)25(32)26(7-8-26)19-2-3-22(29-14-19)17-1-4-23-18(13-17)6-12-34-23/h1-6,10,12-15H,7-9,11,16H2/t27-/m0/s1. The number of hydrogen-bond acceptors (Lipinski definition) is 6. The van der Waals surface area contributed by atoms with Crippen LogP contribution in [0.1, 0.15) is 40.7 Å². The Hall–Kier alpha value is -3.58. The highest BCUT2D eigenvalue weighted by Crippen LogP contribution is 2.52. The van der Waals surface area contributed by atoms with Crippen LogP contribution in [0.15, 0.2) is 66.4 Å². The Morgan fingerprint density at radius 2 is 1.97 bits per heavy atom. The van der Waals surface area contributed by atoms with Crippen LogP contribution in [0.4, 0.5) is 0 Å². The van der Waals surface area contributed by atoms with Crippen LogP contribution in [0.3, 0.4) is 0 Å². The summed E-state index contributed by atoms with van der Waals surface area (Å²) < 4.78 is 7.07. The Labute approximate surface area is 200 Å². The molecule has 1 atom stereocenters. The number of nitrogens with zero attached hydrogens (tertiary/aromatic N) is 3. The second-order valence-corrected chi connectivity index (χ2v) is 10.4. The molecule has 7 heteroatoms. The molecule has 0 N–H and O–H groups in total. The van der Waals surface area contributed by atoms with Gasteiger partial charge in [-0.25, -0.2) is 4.79 Å². The number of fused-ring (bicyclic) bond motifs is 3. The van der Waals surface area contributed by atoms with Crippen LogP contribution in [0.5, 0.6) is 0 Å². The Balaban J connectivity index is 1.14. The van der Waals surface area contributed by atoms with Crippen molar-refractivity contribution in [2.45, 2.75) is 30.3 Å². The summed E-state index contributed by atoms with van der Waals surface area (Å²) in [6.45, 7) is 0.963. The Kier molecular flexibility index (Phi) is 4.06. The third-order valence-corrected chi connectivity index (χ3v) is 8.46. The van der Waals surface area contributed by atoms with Crippen LogP contribution < -0.4 is 0 Å². The van der Waals surface area contributed by atoms with E-state index < -0.39 is 11.0 Å². The van der Waals surface area contributed by atoms with E-state index in [0.717, 1.165) is 35.2 Å². The van der Waals surface area contributed by atoms with Crippen molar-refractivity contribution in [2.24, 2.45) is 0 Å². The van der Waals surface area contributed by atoms with Crippen molar-refractivity contribution in [3.05, 3.63) is 83.1 Å². The fourth-order valence-electron chi connectivity index (χ4n) is 5.53. The van der Waals surface area contributed by atoms with Gasteiger partial charge in [-0.3, -0.25) is 14.8 Å². The highest BCUT2D eigenvalue weighted by Gasteiger charge is 2.58. The quantitative estimate of drug-likeness (QED) is 0.409. The molecule has 1 amide bonds. The van der Waals surface area contributed by atoms with Crippen molar-refractivity contribution in [3.8, 4) is 11.3 Å². The molecule has 0 radical (unpaired) electrons. The zero-order chi connectivity index (χ0) is 22.9. The highest BCUT2D eigenvalue weighted by molar-refractivity contribution is 7.17. The van der Waals surface area contributed by atoms with Crippen molar-refractivity contribution in [1.82, 2.24) is 14.9 Å². The summed E-state index contributed by atoms with van der Waals surface area (Å²) in [5, 5.41) is 3.31. The zero-order valence-electron chi connectivity index (χ0n) is 18.4. The minimum Gasteiger partial charge on any atom is -0.449 e. The van der Waals surface area contributed by atoms with Gasteiger partial charge in [0, 0.05) is 47.4 Å². The molecule has 34 heavy (non-hydrogen) atoms. The van der Waals surface area contributed by atoms with E-state index in [1.165, 1.54) is 10.1 Å². The van der Waals surface area contributed by atoms with Crippen molar-refractivity contribution in [3.63, 3.8) is 0 Å². The predicted octanol–water partition coefficient (Wildman–Crippen LogP) is 4.69. The van der Waals surface area contributed by atoms with Gasteiger partial charge in [0.15, 0.2) is 5.60 Å². The van der Waals surface area contributed by atoms with Gasteiger partial charge in [0.2, 0.25) is 5.91 Å². The summed E-state index contributed by atoms with van der Waals surface area (Å²) in [5.41, 5.74) is 3.04. The van der Waals surface area contributed by atoms with Crippen LogP contribution in [0.25, 0.3) is 21.3 Å². The maximum absolute atomic E-state index is 13.7. The number of rotatable bonds is 3. The van der Waals surface area contributed by atoms with Gasteiger partial charge >= 0.3 is 5.97 Å².